The number of hydrogen-bond acceptors (Lipinski definition) is 5. The summed E-state index contributed by atoms with van der Waals surface area (Å²) in [5.41, 5.74) is -2.12. The summed E-state index contributed by atoms with van der Waals surface area (Å²) in [6.45, 7) is 0.282. The van der Waals surface area contributed by atoms with Crippen molar-refractivity contribution < 1.29 is 32.1 Å². The van der Waals surface area contributed by atoms with Gasteiger partial charge in [-0.1, -0.05) is 12.1 Å². The number of piperazine rings is 1. The second-order valence-corrected chi connectivity index (χ2v) is 6.67. The zero-order valence-corrected chi connectivity index (χ0v) is 15.9. The van der Waals surface area contributed by atoms with Crippen molar-refractivity contribution in [2.24, 2.45) is 0 Å². The third kappa shape index (κ3) is 4.90. The molecule has 1 aliphatic rings. The first-order valence-electron chi connectivity index (χ1n) is 9.03. The fourth-order valence-corrected chi connectivity index (χ4v) is 3.15. The number of nitrogens with zero attached hydrogens (tertiary/aromatic N) is 3. The quantitative estimate of drug-likeness (QED) is 0.448. The Morgan fingerprint density at radius 3 is 2.26 bits per heavy atom. The van der Waals surface area contributed by atoms with Gasteiger partial charge in [0.05, 0.1) is 16.1 Å². The molecule has 0 spiro atoms. The first-order valence-corrected chi connectivity index (χ1v) is 9.03. The molecular weight excluding hydrogens is 424 g/mol. The maximum Gasteiger partial charge on any atom is 0.416 e. The molecule has 0 saturated carbocycles. The van der Waals surface area contributed by atoms with E-state index in [0.29, 0.717) is 6.07 Å². The molecule has 1 N–H and O–H groups in total. The number of rotatable bonds is 3. The highest BCUT2D eigenvalue weighted by atomic mass is 19.4. The molecule has 0 bridgehead atoms. The maximum absolute atomic E-state index is 13.7. The lowest BCUT2D eigenvalue weighted by Crippen LogP contribution is -2.53. The minimum absolute atomic E-state index is 0.000455. The number of urea groups is 1. The van der Waals surface area contributed by atoms with Crippen LogP contribution in [0.1, 0.15) is 15.9 Å². The molecule has 1 aliphatic heterocycles. The van der Waals surface area contributed by atoms with Gasteiger partial charge in [0, 0.05) is 32.2 Å². The van der Waals surface area contributed by atoms with Gasteiger partial charge in [0.25, 0.3) is 11.6 Å². The molecule has 1 fully saturated rings. The maximum atomic E-state index is 13.7. The van der Waals surface area contributed by atoms with Gasteiger partial charge in [-0.25, -0.2) is 9.18 Å². The summed E-state index contributed by atoms with van der Waals surface area (Å²) >= 11 is 0. The topological polar surface area (TPSA) is 95.8 Å². The fraction of sp³-hybridized carbons (Fsp3) is 0.263. The first kappa shape index (κ1) is 22.0. The van der Waals surface area contributed by atoms with Gasteiger partial charge < -0.3 is 9.80 Å². The number of nitro benzene ring substituents is 1. The lowest BCUT2D eigenvalue weighted by Gasteiger charge is -2.35. The summed E-state index contributed by atoms with van der Waals surface area (Å²) in [7, 11) is 0. The van der Waals surface area contributed by atoms with Crippen molar-refractivity contribution in [2.75, 3.05) is 31.1 Å². The van der Waals surface area contributed by atoms with E-state index in [9.17, 15) is 37.3 Å². The van der Waals surface area contributed by atoms with Crippen molar-refractivity contribution in [3.8, 4) is 0 Å². The summed E-state index contributed by atoms with van der Waals surface area (Å²) in [5, 5.41) is 13.3. The molecule has 3 amide bonds. The number of halogens is 4. The van der Waals surface area contributed by atoms with E-state index in [2.05, 4.69) is 5.32 Å². The SMILES string of the molecule is O=C(NC(=O)N1CCN(c2ccc(C(F)(F)F)cc2[N+](=O)[O-])CC1)c1ccccc1F. The van der Waals surface area contributed by atoms with E-state index >= 15 is 0 Å². The number of imide groups is 1. The molecule has 0 aromatic heterocycles. The van der Waals surface area contributed by atoms with E-state index in [4.69, 9.17) is 0 Å². The highest BCUT2D eigenvalue weighted by Crippen LogP contribution is 2.36. The van der Waals surface area contributed by atoms with Gasteiger partial charge in [0.15, 0.2) is 0 Å². The predicted molar refractivity (Wildman–Crippen MR) is 101 cm³/mol. The number of benzene rings is 2. The number of anilines is 1. The van der Waals surface area contributed by atoms with Crippen LogP contribution in [0.4, 0.5) is 33.7 Å². The van der Waals surface area contributed by atoms with Crippen LogP contribution in [-0.2, 0) is 6.18 Å². The monoisotopic (exact) mass is 440 g/mol. The van der Waals surface area contributed by atoms with Crippen LogP contribution in [0.15, 0.2) is 42.5 Å². The van der Waals surface area contributed by atoms with Crippen LogP contribution in [-0.4, -0.2) is 47.9 Å². The van der Waals surface area contributed by atoms with E-state index in [1.54, 1.807) is 0 Å². The third-order valence-corrected chi connectivity index (χ3v) is 4.75. The molecule has 0 atom stereocenters. The molecule has 2 aromatic rings. The molecule has 0 aliphatic carbocycles. The van der Waals surface area contributed by atoms with Gasteiger partial charge in [-0.15, -0.1) is 0 Å². The Morgan fingerprint density at radius 2 is 1.68 bits per heavy atom. The molecule has 0 unspecified atom stereocenters. The summed E-state index contributed by atoms with van der Waals surface area (Å²) in [6, 6.07) is 6.63. The Bertz CT molecular complexity index is 1020. The molecule has 1 heterocycles. The van der Waals surface area contributed by atoms with Gasteiger partial charge in [0.1, 0.15) is 11.5 Å². The lowest BCUT2D eigenvalue weighted by atomic mass is 10.1. The average molecular weight is 440 g/mol. The number of nitro groups is 1. The average Bonchev–Trinajstić information content (AvgIpc) is 2.73. The van der Waals surface area contributed by atoms with Crippen molar-refractivity contribution in [1.29, 1.82) is 0 Å². The number of alkyl halides is 3. The second-order valence-electron chi connectivity index (χ2n) is 6.67. The molecule has 12 heteroatoms. The molecule has 0 radical (unpaired) electrons. The van der Waals surface area contributed by atoms with Gasteiger partial charge >= 0.3 is 12.2 Å². The minimum Gasteiger partial charge on any atom is -0.362 e. The zero-order valence-electron chi connectivity index (χ0n) is 15.9. The van der Waals surface area contributed by atoms with Crippen molar-refractivity contribution >= 4 is 23.3 Å². The van der Waals surface area contributed by atoms with Crippen LogP contribution in [0, 0.1) is 15.9 Å². The van der Waals surface area contributed by atoms with Crippen LogP contribution in [0.3, 0.4) is 0 Å². The van der Waals surface area contributed by atoms with E-state index in [-0.39, 0.29) is 37.4 Å². The van der Waals surface area contributed by atoms with E-state index in [1.165, 1.54) is 28.0 Å². The summed E-state index contributed by atoms with van der Waals surface area (Å²) in [4.78, 5) is 37.5. The van der Waals surface area contributed by atoms with Crippen LogP contribution in [0.25, 0.3) is 0 Å². The van der Waals surface area contributed by atoms with Gasteiger partial charge in [-0.05, 0) is 24.3 Å². The summed E-state index contributed by atoms with van der Waals surface area (Å²) < 4.78 is 52.2. The van der Waals surface area contributed by atoms with Crippen molar-refractivity contribution in [2.45, 2.75) is 6.18 Å². The van der Waals surface area contributed by atoms with Crippen molar-refractivity contribution in [3.63, 3.8) is 0 Å². The minimum atomic E-state index is -4.72. The van der Waals surface area contributed by atoms with Gasteiger partial charge in [0.2, 0.25) is 0 Å². The summed E-state index contributed by atoms with van der Waals surface area (Å²) in [5.74, 6) is -1.70. The van der Waals surface area contributed by atoms with Crippen LogP contribution in [0.5, 0.6) is 0 Å². The van der Waals surface area contributed by atoms with E-state index in [1.807, 2.05) is 0 Å². The van der Waals surface area contributed by atoms with Crippen LogP contribution in [0.2, 0.25) is 0 Å². The second kappa shape index (κ2) is 8.58. The molecule has 1 saturated heterocycles. The highest BCUT2D eigenvalue weighted by Gasteiger charge is 2.34. The standard InChI is InChI=1S/C19H16F4N4O4/c20-14-4-2-1-3-13(14)17(28)24-18(29)26-9-7-25(8-10-26)15-6-5-12(19(21,22)23)11-16(15)27(30)31/h1-6,11H,7-10H2,(H,24,28,29). The molecule has 164 valence electrons. The third-order valence-electron chi connectivity index (χ3n) is 4.75. The first-order chi connectivity index (χ1) is 14.6. The Labute approximate surface area is 173 Å². The van der Waals surface area contributed by atoms with Crippen LogP contribution < -0.4 is 10.2 Å². The molecule has 2 aromatic carbocycles. The molecular formula is C19H16F4N4O4. The number of nitrogens with one attached hydrogen (secondary N) is 1. The van der Waals surface area contributed by atoms with Crippen molar-refractivity contribution in [3.05, 3.63) is 69.5 Å². The largest absolute Gasteiger partial charge is 0.416 e. The van der Waals surface area contributed by atoms with E-state index in [0.717, 1.165) is 18.2 Å². The molecule has 3 rings (SSSR count). The Balaban J connectivity index is 1.67. The number of carbonyl (C=O) groups is 2. The Hall–Kier alpha value is -3.70. The molecule has 8 nitrogen and oxygen atoms in total. The summed E-state index contributed by atoms with van der Waals surface area (Å²) in [6.07, 6.45) is -4.72. The number of carbonyl (C=O) groups excluding carboxylic acids is 2. The highest BCUT2D eigenvalue weighted by molar-refractivity contribution is 6.04. The molecule has 31 heavy (non-hydrogen) atoms. The van der Waals surface area contributed by atoms with Gasteiger partial charge in [-0.2, -0.15) is 13.2 Å². The fourth-order valence-electron chi connectivity index (χ4n) is 3.15. The predicted octanol–water partition coefficient (Wildman–Crippen LogP) is 3.42. The smallest absolute Gasteiger partial charge is 0.362 e. The normalized spacial score (nSPS) is 14.3. The van der Waals surface area contributed by atoms with Gasteiger partial charge in [-0.3, -0.25) is 20.2 Å². The number of hydrogen-bond donors (Lipinski definition) is 1. The Morgan fingerprint density at radius 1 is 1.03 bits per heavy atom. The Kier molecular flexibility index (Phi) is 6.09. The van der Waals surface area contributed by atoms with Crippen molar-refractivity contribution in [1.82, 2.24) is 10.2 Å². The van der Waals surface area contributed by atoms with Crippen LogP contribution >= 0.6 is 0 Å². The lowest BCUT2D eigenvalue weighted by molar-refractivity contribution is -0.384. The van der Waals surface area contributed by atoms with E-state index < -0.39 is 40.1 Å². The zero-order chi connectivity index (χ0) is 22.8. The number of amides is 3.